The molecule has 0 spiro atoms. The van der Waals surface area contributed by atoms with E-state index in [-0.39, 0.29) is 5.56 Å². The highest BCUT2D eigenvalue weighted by atomic mass is 16.4. The fourth-order valence-electron chi connectivity index (χ4n) is 2.17. The SMILES string of the molecule is Cc1cc(C(=O)O)cnc1N(C)Cc1cccc(C#N)c1. The fraction of sp³-hybridized carbons (Fsp3) is 0.188. The number of nitriles is 1. The Balaban J connectivity index is 2.22. The van der Waals surface area contributed by atoms with Gasteiger partial charge in [-0.2, -0.15) is 5.26 Å². The Labute approximate surface area is 123 Å². The number of aryl methyl sites for hydroxylation is 1. The molecule has 0 radical (unpaired) electrons. The minimum absolute atomic E-state index is 0.177. The minimum Gasteiger partial charge on any atom is -0.478 e. The average molecular weight is 281 g/mol. The third-order valence-corrected chi connectivity index (χ3v) is 3.13. The molecule has 0 aliphatic rings. The Bertz CT molecular complexity index is 720. The number of hydrogen-bond acceptors (Lipinski definition) is 4. The number of nitrogens with zero attached hydrogens (tertiary/aromatic N) is 3. The lowest BCUT2D eigenvalue weighted by Crippen LogP contribution is -2.19. The van der Waals surface area contributed by atoms with E-state index in [9.17, 15) is 4.79 Å². The molecule has 21 heavy (non-hydrogen) atoms. The van der Waals surface area contributed by atoms with Gasteiger partial charge in [0.25, 0.3) is 0 Å². The summed E-state index contributed by atoms with van der Waals surface area (Å²) in [5, 5.41) is 17.9. The predicted octanol–water partition coefficient (Wildman–Crippen LogP) is 2.60. The summed E-state index contributed by atoms with van der Waals surface area (Å²) in [6, 6.07) is 11.1. The van der Waals surface area contributed by atoms with E-state index in [2.05, 4.69) is 11.1 Å². The van der Waals surface area contributed by atoms with Crippen LogP contribution >= 0.6 is 0 Å². The highest BCUT2D eigenvalue weighted by Gasteiger charge is 2.11. The molecule has 2 aromatic rings. The molecule has 1 aromatic carbocycles. The Kier molecular flexibility index (Phi) is 4.19. The summed E-state index contributed by atoms with van der Waals surface area (Å²) in [4.78, 5) is 17.1. The number of carboxylic acid groups (broad SMARTS) is 1. The van der Waals surface area contributed by atoms with E-state index < -0.39 is 5.97 Å². The van der Waals surface area contributed by atoms with Crippen molar-refractivity contribution in [3.63, 3.8) is 0 Å². The molecular weight excluding hydrogens is 266 g/mol. The smallest absolute Gasteiger partial charge is 0.337 e. The second kappa shape index (κ2) is 6.06. The van der Waals surface area contributed by atoms with Crippen LogP contribution in [0.1, 0.15) is 27.0 Å². The van der Waals surface area contributed by atoms with Crippen molar-refractivity contribution in [2.24, 2.45) is 0 Å². The van der Waals surface area contributed by atoms with Crippen molar-refractivity contribution in [3.05, 3.63) is 58.8 Å². The lowest BCUT2D eigenvalue weighted by molar-refractivity contribution is 0.0696. The Hall–Kier alpha value is -2.87. The molecule has 2 rings (SSSR count). The van der Waals surface area contributed by atoms with Gasteiger partial charge in [0.1, 0.15) is 5.82 Å². The molecule has 0 amide bonds. The molecule has 0 saturated carbocycles. The first-order valence-electron chi connectivity index (χ1n) is 6.41. The van der Waals surface area contributed by atoms with Gasteiger partial charge in [-0.05, 0) is 36.2 Å². The van der Waals surface area contributed by atoms with Crippen molar-refractivity contribution in [1.29, 1.82) is 5.26 Å². The van der Waals surface area contributed by atoms with Crippen LogP contribution in [0.2, 0.25) is 0 Å². The summed E-state index contributed by atoms with van der Waals surface area (Å²) in [6.45, 7) is 2.42. The van der Waals surface area contributed by atoms with Crippen LogP contribution in [0.15, 0.2) is 36.5 Å². The van der Waals surface area contributed by atoms with Gasteiger partial charge in [0.2, 0.25) is 0 Å². The molecule has 0 unspecified atom stereocenters. The van der Waals surface area contributed by atoms with E-state index in [0.29, 0.717) is 12.1 Å². The zero-order valence-corrected chi connectivity index (χ0v) is 11.9. The number of aromatic nitrogens is 1. The molecule has 0 aliphatic carbocycles. The van der Waals surface area contributed by atoms with Gasteiger partial charge >= 0.3 is 5.97 Å². The first kappa shape index (κ1) is 14.5. The van der Waals surface area contributed by atoms with Gasteiger partial charge in [-0.3, -0.25) is 0 Å². The molecule has 5 heteroatoms. The van der Waals surface area contributed by atoms with E-state index in [1.165, 1.54) is 6.20 Å². The van der Waals surface area contributed by atoms with Crippen LogP contribution in [0.5, 0.6) is 0 Å². The largest absolute Gasteiger partial charge is 0.478 e. The number of carbonyl (C=O) groups is 1. The summed E-state index contributed by atoms with van der Waals surface area (Å²) >= 11 is 0. The highest BCUT2D eigenvalue weighted by molar-refractivity contribution is 5.87. The monoisotopic (exact) mass is 281 g/mol. The van der Waals surface area contributed by atoms with E-state index >= 15 is 0 Å². The maximum atomic E-state index is 10.9. The van der Waals surface area contributed by atoms with Crippen molar-refractivity contribution < 1.29 is 9.90 Å². The standard InChI is InChI=1S/C16H15N3O2/c1-11-6-14(16(20)21)9-18-15(11)19(2)10-13-5-3-4-12(7-13)8-17/h3-7,9H,10H2,1-2H3,(H,20,21). The number of carboxylic acids is 1. The first-order chi connectivity index (χ1) is 10.0. The number of rotatable bonds is 4. The Morgan fingerprint density at radius 1 is 1.43 bits per heavy atom. The van der Waals surface area contributed by atoms with Gasteiger partial charge in [-0.25, -0.2) is 9.78 Å². The predicted molar refractivity (Wildman–Crippen MR) is 79.2 cm³/mol. The van der Waals surface area contributed by atoms with Crippen LogP contribution in [-0.2, 0) is 6.54 Å². The minimum atomic E-state index is -0.985. The number of pyridine rings is 1. The van der Waals surface area contributed by atoms with Crippen LogP contribution in [0.4, 0.5) is 5.82 Å². The van der Waals surface area contributed by atoms with Crippen LogP contribution in [-0.4, -0.2) is 23.1 Å². The molecule has 1 aromatic heterocycles. The van der Waals surface area contributed by atoms with Crippen molar-refractivity contribution in [1.82, 2.24) is 4.98 Å². The number of hydrogen-bond donors (Lipinski definition) is 1. The molecule has 106 valence electrons. The lowest BCUT2D eigenvalue weighted by atomic mass is 10.1. The summed E-state index contributed by atoms with van der Waals surface area (Å²) < 4.78 is 0. The van der Waals surface area contributed by atoms with Crippen LogP contribution in [0.25, 0.3) is 0 Å². The zero-order valence-electron chi connectivity index (χ0n) is 11.9. The van der Waals surface area contributed by atoms with Gasteiger partial charge in [0.15, 0.2) is 0 Å². The maximum absolute atomic E-state index is 10.9. The fourth-order valence-corrected chi connectivity index (χ4v) is 2.17. The van der Waals surface area contributed by atoms with Gasteiger partial charge in [0.05, 0.1) is 17.2 Å². The van der Waals surface area contributed by atoms with Gasteiger partial charge in [-0.15, -0.1) is 0 Å². The summed E-state index contributed by atoms with van der Waals surface area (Å²) in [6.07, 6.45) is 1.35. The maximum Gasteiger partial charge on any atom is 0.337 e. The Morgan fingerprint density at radius 2 is 2.19 bits per heavy atom. The molecule has 1 heterocycles. The zero-order chi connectivity index (χ0) is 15.4. The van der Waals surface area contributed by atoms with E-state index in [0.717, 1.165) is 16.9 Å². The summed E-state index contributed by atoms with van der Waals surface area (Å²) in [5.74, 6) is -0.260. The molecule has 0 aliphatic heterocycles. The van der Waals surface area contributed by atoms with E-state index in [4.69, 9.17) is 10.4 Å². The second-order valence-corrected chi connectivity index (χ2v) is 4.84. The topological polar surface area (TPSA) is 77.2 Å². The van der Waals surface area contributed by atoms with E-state index in [1.807, 2.05) is 37.1 Å². The first-order valence-corrected chi connectivity index (χ1v) is 6.41. The van der Waals surface area contributed by atoms with Crippen LogP contribution in [0.3, 0.4) is 0 Å². The molecule has 1 N–H and O–H groups in total. The molecule has 0 saturated heterocycles. The molecule has 5 nitrogen and oxygen atoms in total. The number of benzene rings is 1. The molecule has 0 atom stereocenters. The number of anilines is 1. The summed E-state index contributed by atoms with van der Waals surface area (Å²) in [5.41, 5.74) is 2.59. The average Bonchev–Trinajstić information content (AvgIpc) is 2.47. The van der Waals surface area contributed by atoms with Crippen molar-refractivity contribution in [2.45, 2.75) is 13.5 Å². The van der Waals surface area contributed by atoms with Crippen molar-refractivity contribution >= 4 is 11.8 Å². The molecular formula is C16H15N3O2. The van der Waals surface area contributed by atoms with Crippen LogP contribution in [0, 0.1) is 18.3 Å². The highest BCUT2D eigenvalue weighted by Crippen LogP contribution is 2.19. The number of aromatic carboxylic acids is 1. The second-order valence-electron chi connectivity index (χ2n) is 4.84. The van der Waals surface area contributed by atoms with Crippen LogP contribution < -0.4 is 4.90 Å². The van der Waals surface area contributed by atoms with E-state index in [1.54, 1.807) is 12.1 Å². The third-order valence-electron chi connectivity index (χ3n) is 3.13. The van der Waals surface area contributed by atoms with Gasteiger partial charge in [0, 0.05) is 19.8 Å². The third kappa shape index (κ3) is 3.37. The lowest BCUT2D eigenvalue weighted by Gasteiger charge is -2.20. The normalized spacial score (nSPS) is 9.95. The van der Waals surface area contributed by atoms with Gasteiger partial charge in [-0.1, -0.05) is 12.1 Å². The van der Waals surface area contributed by atoms with Crippen molar-refractivity contribution in [2.75, 3.05) is 11.9 Å². The molecule has 0 bridgehead atoms. The summed E-state index contributed by atoms with van der Waals surface area (Å²) in [7, 11) is 1.88. The molecule has 0 fully saturated rings. The van der Waals surface area contributed by atoms with Gasteiger partial charge < -0.3 is 10.0 Å². The van der Waals surface area contributed by atoms with Crippen molar-refractivity contribution in [3.8, 4) is 6.07 Å². The Morgan fingerprint density at radius 3 is 2.81 bits per heavy atom. The quantitative estimate of drug-likeness (QED) is 0.932.